The van der Waals surface area contributed by atoms with Crippen molar-refractivity contribution in [3.63, 3.8) is 0 Å². The molecule has 1 atom stereocenters. The molecule has 0 heterocycles. The molecule has 0 aliphatic rings. The van der Waals surface area contributed by atoms with Gasteiger partial charge in [0.05, 0.1) is 12.5 Å². The van der Waals surface area contributed by atoms with Gasteiger partial charge in [-0.1, -0.05) is 50.5 Å². The summed E-state index contributed by atoms with van der Waals surface area (Å²) in [6.45, 7) is 2.21. The highest BCUT2D eigenvalue weighted by Crippen LogP contribution is 2.27. The average molecular weight is 311 g/mol. The van der Waals surface area contributed by atoms with Gasteiger partial charge in [0.25, 0.3) is 0 Å². The molecule has 0 aliphatic carbocycles. The number of benzene rings is 1. The normalized spacial score (nSPS) is 12.1. The van der Waals surface area contributed by atoms with Gasteiger partial charge in [-0.3, -0.25) is 4.79 Å². The fourth-order valence-corrected chi connectivity index (χ4v) is 2.63. The molecule has 0 amide bonds. The summed E-state index contributed by atoms with van der Waals surface area (Å²) in [7, 11) is 1.43. The first-order valence-electron chi connectivity index (χ1n) is 7.97. The average Bonchev–Trinajstić information content (AvgIpc) is 2.52. The lowest BCUT2D eigenvalue weighted by Crippen LogP contribution is -1.99. The maximum absolute atomic E-state index is 11.0. The molecule has 3 heteroatoms. The largest absolute Gasteiger partial charge is 0.469 e. The van der Waals surface area contributed by atoms with Gasteiger partial charge in [-0.2, -0.15) is 0 Å². The molecule has 2 nitrogen and oxygen atoms in total. The molecule has 1 unspecified atom stereocenters. The Morgan fingerprint density at radius 1 is 1.14 bits per heavy atom. The number of halogens is 1. The van der Waals surface area contributed by atoms with Crippen LogP contribution in [0.5, 0.6) is 0 Å². The summed E-state index contributed by atoms with van der Waals surface area (Å²) in [5.74, 6) is -0.123. The van der Waals surface area contributed by atoms with Crippen LogP contribution in [0.15, 0.2) is 24.3 Å². The van der Waals surface area contributed by atoms with Crippen molar-refractivity contribution in [1.29, 1.82) is 0 Å². The van der Waals surface area contributed by atoms with Crippen LogP contribution in [0.1, 0.15) is 68.4 Å². The number of alkyl halides is 1. The van der Waals surface area contributed by atoms with Crippen LogP contribution in [0.2, 0.25) is 0 Å². The van der Waals surface area contributed by atoms with E-state index in [9.17, 15) is 4.79 Å². The Balaban J connectivity index is 2.31. The lowest BCUT2D eigenvalue weighted by atomic mass is 10.0. The molecule has 0 aliphatic heterocycles. The zero-order valence-corrected chi connectivity index (χ0v) is 14.0. The number of aryl methyl sites for hydroxylation is 1. The van der Waals surface area contributed by atoms with Gasteiger partial charge in [-0.25, -0.2) is 0 Å². The Morgan fingerprint density at radius 2 is 1.86 bits per heavy atom. The second-order valence-electron chi connectivity index (χ2n) is 5.49. The highest BCUT2D eigenvalue weighted by molar-refractivity contribution is 6.20. The van der Waals surface area contributed by atoms with Crippen molar-refractivity contribution in [2.45, 2.75) is 63.7 Å². The number of hydrogen-bond donors (Lipinski definition) is 0. The topological polar surface area (TPSA) is 26.3 Å². The first-order valence-corrected chi connectivity index (χ1v) is 8.40. The molecule has 0 radical (unpaired) electrons. The molecule has 21 heavy (non-hydrogen) atoms. The summed E-state index contributed by atoms with van der Waals surface area (Å²) in [5.41, 5.74) is 2.52. The second-order valence-corrected chi connectivity index (χ2v) is 6.01. The SMILES string of the molecule is CCCCCC(Cl)c1ccc(CCCCC(=O)OC)cc1. The predicted molar refractivity (Wildman–Crippen MR) is 88.7 cm³/mol. The van der Waals surface area contributed by atoms with Crippen molar-refractivity contribution in [1.82, 2.24) is 0 Å². The van der Waals surface area contributed by atoms with E-state index in [1.54, 1.807) is 0 Å². The van der Waals surface area contributed by atoms with E-state index < -0.39 is 0 Å². The van der Waals surface area contributed by atoms with Gasteiger partial charge >= 0.3 is 5.97 Å². The van der Waals surface area contributed by atoms with Crippen LogP contribution in [0.25, 0.3) is 0 Å². The van der Waals surface area contributed by atoms with Crippen LogP contribution in [0, 0.1) is 0 Å². The van der Waals surface area contributed by atoms with E-state index in [1.165, 1.54) is 37.5 Å². The Kier molecular flexibility index (Phi) is 9.16. The van der Waals surface area contributed by atoms with E-state index in [1.807, 2.05) is 0 Å². The maximum Gasteiger partial charge on any atom is 0.305 e. The summed E-state index contributed by atoms with van der Waals surface area (Å²) >= 11 is 6.42. The second kappa shape index (κ2) is 10.7. The van der Waals surface area contributed by atoms with Crippen molar-refractivity contribution < 1.29 is 9.53 Å². The number of esters is 1. The van der Waals surface area contributed by atoms with Gasteiger partial charge in [0, 0.05) is 6.42 Å². The molecular weight excluding hydrogens is 284 g/mol. The van der Waals surface area contributed by atoms with Gasteiger partial charge in [-0.05, 0) is 36.8 Å². The zero-order valence-electron chi connectivity index (χ0n) is 13.2. The number of rotatable bonds is 10. The van der Waals surface area contributed by atoms with Gasteiger partial charge in [-0.15, -0.1) is 11.6 Å². The van der Waals surface area contributed by atoms with Crippen LogP contribution in [0.4, 0.5) is 0 Å². The molecular formula is C18H27ClO2. The summed E-state index contributed by atoms with van der Waals surface area (Å²) in [4.78, 5) is 11.0. The van der Waals surface area contributed by atoms with E-state index >= 15 is 0 Å². The van der Waals surface area contributed by atoms with E-state index in [2.05, 4.69) is 35.9 Å². The predicted octanol–water partition coefficient (Wildman–Crippen LogP) is 5.43. The maximum atomic E-state index is 11.0. The Labute approximate surface area is 133 Å². The van der Waals surface area contributed by atoms with Gasteiger partial charge in [0.15, 0.2) is 0 Å². The summed E-state index contributed by atoms with van der Waals surface area (Å²) in [6.07, 6.45) is 8.12. The third kappa shape index (κ3) is 7.52. The van der Waals surface area contributed by atoms with Crippen LogP contribution in [-0.2, 0) is 16.0 Å². The molecule has 0 spiro atoms. The van der Waals surface area contributed by atoms with Crippen molar-refractivity contribution in [3.05, 3.63) is 35.4 Å². The van der Waals surface area contributed by atoms with E-state index in [-0.39, 0.29) is 11.3 Å². The van der Waals surface area contributed by atoms with Crippen LogP contribution in [0.3, 0.4) is 0 Å². The fourth-order valence-electron chi connectivity index (χ4n) is 2.33. The van der Waals surface area contributed by atoms with E-state index in [0.29, 0.717) is 6.42 Å². The van der Waals surface area contributed by atoms with Crippen molar-refractivity contribution >= 4 is 17.6 Å². The highest BCUT2D eigenvalue weighted by atomic mass is 35.5. The first-order chi connectivity index (χ1) is 10.2. The molecule has 0 saturated heterocycles. The third-order valence-corrected chi connectivity index (χ3v) is 4.20. The van der Waals surface area contributed by atoms with Gasteiger partial charge < -0.3 is 4.74 Å². The van der Waals surface area contributed by atoms with E-state index in [4.69, 9.17) is 11.6 Å². The van der Waals surface area contributed by atoms with Crippen molar-refractivity contribution in [2.24, 2.45) is 0 Å². The molecule has 1 aromatic carbocycles. The lowest BCUT2D eigenvalue weighted by molar-refractivity contribution is -0.140. The standard InChI is InChI=1S/C18H27ClO2/c1-3-4-5-9-17(19)16-13-11-15(12-14-16)8-6-7-10-18(20)21-2/h11-14,17H,3-10H2,1-2H3. The number of hydrogen-bond acceptors (Lipinski definition) is 2. The number of carbonyl (C=O) groups excluding carboxylic acids is 1. The molecule has 0 saturated carbocycles. The lowest BCUT2D eigenvalue weighted by Gasteiger charge is -2.10. The number of carbonyl (C=O) groups is 1. The van der Waals surface area contributed by atoms with Gasteiger partial charge in [0.2, 0.25) is 0 Å². The third-order valence-electron chi connectivity index (χ3n) is 3.73. The van der Waals surface area contributed by atoms with Crippen LogP contribution >= 0.6 is 11.6 Å². The van der Waals surface area contributed by atoms with Gasteiger partial charge in [0.1, 0.15) is 0 Å². The Bertz CT molecular complexity index is 400. The fraction of sp³-hybridized carbons (Fsp3) is 0.611. The van der Waals surface area contributed by atoms with Crippen molar-refractivity contribution in [2.75, 3.05) is 7.11 Å². The van der Waals surface area contributed by atoms with E-state index in [0.717, 1.165) is 25.7 Å². The molecule has 0 bridgehead atoms. The van der Waals surface area contributed by atoms with Crippen LogP contribution < -0.4 is 0 Å². The summed E-state index contributed by atoms with van der Waals surface area (Å²) in [5, 5.41) is 0.130. The monoisotopic (exact) mass is 310 g/mol. The highest BCUT2D eigenvalue weighted by Gasteiger charge is 2.07. The molecule has 1 aromatic rings. The number of ether oxygens (including phenoxy) is 1. The quantitative estimate of drug-likeness (QED) is 0.327. The van der Waals surface area contributed by atoms with Crippen LogP contribution in [-0.4, -0.2) is 13.1 Å². The number of unbranched alkanes of at least 4 members (excludes halogenated alkanes) is 3. The molecule has 0 N–H and O–H groups in total. The minimum atomic E-state index is -0.123. The zero-order chi connectivity index (χ0) is 15.5. The van der Waals surface area contributed by atoms with Crippen molar-refractivity contribution in [3.8, 4) is 0 Å². The Hall–Kier alpha value is -1.02. The molecule has 0 fully saturated rings. The first kappa shape index (κ1) is 18.0. The smallest absolute Gasteiger partial charge is 0.305 e. The summed E-state index contributed by atoms with van der Waals surface area (Å²) in [6, 6.07) is 8.59. The Morgan fingerprint density at radius 3 is 2.48 bits per heavy atom. The molecule has 1 rings (SSSR count). The molecule has 118 valence electrons. The number of methoxy groups -OCH3 is 1. The summed E-state index contributed by atoms with van der Waals surface area (Å²) < 4.78 is 4.63. The minimum absolute atomic E-state index is 0.123. The minimum Gasteiger partial charge on any atom is -0.469 e. The molecule has 0 aromatic heterocycles.